The Bertz CT molecular complexity index is 1470. The number of aryl methyl sites for hydroxylation is 1. The number of rotatable bonds is 17. The molecular formula is C39H53IN2O4. The first-order valence-electron chi connectivity index (χ1n) is 16.5. The number of fused-ring (bicyclic) bond motifs is 1. The zero-order valence-corrected chi connectivity index (χ0v) is 30.8. The van der Waals surface area contributed by atoms with Crippen molar-refractivity contribution in [3.8, 4) is 11.5 Å². The van der Waals surface area contributed by atoms with Crippen LogP contribution in [0.5, 0.6) is 11.5 Å². The van der Waals surface area contributed by atoms with Gasteiger partial charge in [-0.25, -0.2) is 4.79 Å². The highest BCUT2D eigenvalue weighted by Crippen LogP contribution is 2.26. The molecule has 250 valence electrons. The third kappa shape index (κ3) is 12.0. The van der Waals surface area contributed by atoms with Crippen LogP contribution in [0.25, 0.3) is 10.9 Å². The number of para-hydroxylation sites is 1. The Morgan fingerprint density at radius 2 is 1.35 bits per heavy atom. The number of carbonyl (C=O) groups excluding carboxylic acids is 1. The minimum atomic E-state index is -0.503. The third-order valence-electron chi connectivity index (χ3n) is 8.03. The summed E-state index contributed by atoms with van der Waals surface area (Å²) in [5.74, 6) is 1.60. The van der Waals surface area contributed by atoms with Crippen molar-refractivity contribution in [1.29, 1.82) is 0 Å². The van der Waals surface area contributed by atoms with E-state index < -0.39 is 5.60 Å². The number of unbranched alkanes of at least 4 members (excludes halogenated alkanes) is 5. The lowest BCUT2D eigenvalue weighted by Gasteiger charge is -2.34. The van der Waals surface area contributed by atoms with E-state index in [1.54, 1.807) is 0 Å². The highest BCUT2D eigenvalue weighted by molar-refractivity contribution is 5.85. The predicted octanol–water partition coefficient (Wildman–Crippen LogP) is 5.60. The van der Waals surface area contributed by atoms with Gasteiger partial charge in [0.1, 0.15) is 23.7 Å². The standard InChI is InChI=1S/C39H53N2O4.HI/c1-39(2,3)45-38(42)37(41(4,5)6)28-32-29-40(36-21-15-14-20-35(32)36)26-16-9-7-8-10-17-27-43-33-22-24-34(25-23-33)44-30-31-18-12-11-13-19-31;/h11-15,18-25,29,37H,7-10,16-17,26-28,30H2,1-6H3;1H/q+1;/p-1. The molecule has 1 atom stereocenters. The van der Waals surface area contributed by atoms with E-state index in [-0.39, 0.29) is 36.0 Å². The van der Waals surface area contributed by atoms with E-state index >= 15 is 0 Å². The maximum Gasteiger partial charge on any atom is 0.365 e. The minimum Gasteiger partial charge on any atom is -1.00 e. The molecule has 0 amide bonds. The number of hydrogen-bond donors (Lipinski definition) is 0. The number of likely N-dealkylation sites (N-methyl/N-ethyl adjacent to an activating group) is 1. The van der Waals surface area contributed by atoms with Crippen LogP contribution < -0.4 is 33.5 Å². The van der Waals surface area contributed by atoms with E-state index in [0.717, 1.165) is 43.1 Å². The Labute approximate surface area is 293 Å². The van der Waals surface area contributed by atoms with E-state index in [2.05, 4.69) is 68.3 Å². The molecule has 1 heterocycles. The van der Waals surface area contributed by atoms with Crippen LogP contribution in [-0.2, 0) is 29.1 Å². The molecule has 0 aliphatic carbocycles. The summed E-state index contributed by atoms with van der Waals surface area (Å²) in [6.45, 7) is 8.08. The van der Waals surface area contributed by atoms with Crippen molar-refractivity contribution >= 4 is 16.9 Å². The zero-order valence-electron chi connectivity index (χ0n) is 28.6. The van der Waals surface area contributed by atoms with E-state index in [0.29, 0.717) is 17.5 Å². The molecule has 4 aromatic rings. The molecule has 0 fully saturated rings. The number of aromatic nitrogens is 1. The highest BCUT2D eigenvalue weighted by atomic mass is 127. The summed E-state index contributed by atoms with van der Waals surface area (Å²) in [4.78, 5) is 13.2. The van der Waals surface area contributed by atoms with Crippen LogP contribution in [0, 0.1) is 0 Å². The smallest absolute Gasteiger partial charge is 0.365 e. The first-order chi connectivity index (χ1) is 21.5. The SMILES string of the molecule is CC(C)(C)OC(=O)C(Cc1cn(CCCCCCCCOc2ccc(OCc3ccccc3)cc2)c2ccccc12)[N+](C)(C)C.[I-]. The quantitative estimate of drug-likeness (QED) is 0.0613. The molecule has 4 rings (SSSR count). The lowest BCUT2D eigenvalue weighted by Crippen LogP contribution is -3.00. The number of halogens is 1. The van der Waals surface area contributed by atoms with Crippen LogP contribution in [-0.4, -0.2) is 54.4 Å². The molecule has 0 aliphatic rings. The van der Waals surface area contributed by atoms with Crippen molar-refractivity contribution in [3.05, 3.63) is 96.2 Å². The van der Waals surface area contributed by atoms with Gasteiger partial charge in [0.05, 0.1) is 27.7 Å². The molecule has 0 spiro atoms. The number of carbonyl (C=O) groups is 1. The van der Waals surface area contributed by atoms with Gasteiger partial charge in [-0.1, -0.05) is 74.2 Å². The molecule has 0 N–H and O–H groups in total. The molecule has 6 nitrogen and oxygen atoms in total. The maximum absolute atomic E-state index is 13.2. The molecule has 46 heavy (non-hydrogen) atoms. The Hall–Kier alpha value is -3.04. The average Bonchev–Trinajstić information content (AvgIpc) is 3.35. The van der Waals surface area contributed by atoms with Gasteiger partial charge in [0, 0.05) is 30.1 Å². The summed E-state index contributed by atoms with van der Waals surface area (Å²) in [5.41, 5.74) is 3.11. The van der Waals surface area contributed by atoms with Crippen molar-refractivity contribution in [3.63, 3.8) is 0 Å². The molecule has 3 aromatic carbocycles. The molecule has 0 radical (unpaired) electrons. The van der Waals surface area contributed by atoms with Crippen LogP contribution in [0.1, 0.15) is 70.4 Å². The number of nitrogens with zero attached hydrogens (tertiary/aromatic N) is 2. The van der Waals surface area contributed by atoms with Gasteiger partial charge < -0.3 is 47.2 Å². The van der Waals surface area contributed by atoms with Crippen molar-refractivity contribution < 1.29 is 47.5 Å². The van der Waals surface area contributed by atoms with Gasteiger partial charge in [0.2, 0.25) is 0 Å². The summed E-state index contributed by atoms with van der Waals surface area (Å²) < 4.78 is 20.5. The minimum absolute atomic E-state index is 0. The van der Waals surface area contributed by atoms with Crippen LogP contribution in [0.2, 0.25) is 0 Å². The van der Waals surface area contributed by atoms with Crippen LogP contribution in [0.3, 0.4) is 0 Å². The monoisotopic (exact) mass is 740 g/mol. The number of ether oxygens (including phenoxy) is 3. The fourth-order valence-corrected chi connectivity index (χ4v) is 5.58. The number of quaternary nitrogens is 1. The van der Waals surface area contributed by atoms with Gasteiger partial charge in [-0.2, -0.15) is 0 Å². The molecule has 0 saturated heterocycles. The summed E-state index contributed by atoms with van der Waals surface area (Å²) in [5, 5.41) is 1.23. The fourth-order valence-electron chi connectivity index (χ4n) is 5.58. The second kappa shape index (κ2) is 17.8. The molecule has 1 aromatic heterocycles. The van der Waals surface area contributed by atoms with E-state index in [4.69, 9.17) is 14.2 Å². The van der Waals surface area contributed by atoms with Crippen LogP contribution in [0.15, 0.2) is 85.1 Å². The molecule has 0 bridgehead atoms. The Morgan fingerprint density at radius 3 is 2.00 bits per heavy atom. The normalized spacial score (nSPS) is 12.4. The van der Waals surface area contributed by atoms with Crippen LogP contribution >= 0.6 is 0 Å². The first kappa shape index (κ1) is 37.4. The average molecular weight is 741 g/mol. The second-order valence-electron chi connectivity index (χ2n) is 13.9. The van der Waals surface area contributed by atoms with E-state index in [1.165, 1.54) is 42.1 Å². The van der Waals surface area contributed by atoms with Gasteiger partial charge in [-0.3, -0.25) is 0 Å². The fraction of sp³-hybridized carbons (Fsp3) is 0.462. The van der Waals surface area contributed by atoms with E-state index in [9.17, 15) is 4.79 Å². The number of esters is 1. The maximum atomic E-state index is 13.2. The molecule has 0 saturated carbocycles. The largest absolute Gasteiger partial charge is 1.00 e. The van der Waals surface area contributed by atoms with Crippen LogP contribution in [0.4, 0.5) is 0 Å². The Kier molecular flexibility index (Phi) is 14.4. The number of benzene rings is 3. The third-order valence-corrected chi connectivity index (χ3v) is 8.03. The Balaban J connectivity index is 0.00000576. The molecule has 0 aliphatic heterocycles. The van der Waals surface area contributed by atoms with Crippen molar-refractivity contribution in [1.82, 2.24) is 4.57 Å². The first-order valence-corrected chi connectivity index (χ1v) is 16.5. The molecular weight excluding hydrogens is 687 g/mol. The second-order valence-corrected chi connectivity index (χ2v) is 13.9. The van der Waals surface area contributed by atoms with Crippen molar-refractivity contribution in [2.24, 2.45) is 0 Å². The summed E-state index contributed by atoms with van der Waals surface area (Å²) in [7, 11) is 6.21. The molecule has 7 heteroatoms. The lowest BCUT2D eigenvalue weighted by molar-refractivity contribution is -0.887. The Morgan fingerprint density at radius 1 is 0.761 bits per heavy atom. The summed E-state index contributed by atoms with van der Waals surface area (Å²) in [6, 6.07) is 26.4. The summed E-state index contributed by atoms with van der Waals surface area (Å²) >= 11 is 0. The molecule has 1 unspecified atom stereocenters. The van der Waals surface area contributed by atoms with Gasteiger partial charge >= 0.3 is 5.97 Å². The lowest BCUT2D eigenvalue weighted by atomic mass is 10.0. The van der Waals surface area contributed by atoms with Crippen molar-refractivity contribution in [2.75, 3.05) is 27.7 Å². The summed E-state index contributed by atoms with van der Waals surface area (Å²) in [6.07, 6.45) is 9.92. The van der Waals surface area contributed by atoms with E-state index in [1.807, 2.05) is 63.2 Å². The van der Waals surface area contributed by atoms with Gasteiger partial charge in [-0.05, 0) is 75.1 Å². The van der Waals surface area contributed by atoms with Gasteiger partial charge in [0.15, 0.2) is 6.04 Å². The van der Waals surface area contributed by atoms with Gasteiger partial charge in [0.25, 0.3) is 0 Å². The predicted molar refractivity (Wildman–Crippen MR) is 184 cm³/mol. The van der Waals surface area contributed by atoms with Crippen molar-refractivity contribution in [2.45, 2.75) is 90.5 Å². The zero-order chi connectivity index (χ0) is 32.3. The number of hydrogen-bond acceptors (Lipinski definition) is 4. The highest BCUT2D eigenvalue weighted by Gasteiger charge is 2.36. The van der Waals surface area contributed by atoms with Gasteiger partial charge in [-0.15, -0.1) is 0 Å². The topological polar surface area (TPSA) is 49.7 Å².